The van der Waals surface area contributed by atoms with Crippen LogP contribution < -0.4 is 0 Å². The van der Waals surface area contributed by atoms with Crippen molar-refractivity contribution in [3.63, 3.8) is 0 Å². The van der Waals surface area contributed by atoms with E-state index in [1.54, 1.807) is 17.3 Å². The van der Waals surface area contributed by atoms with E-state index in [-0.39, 0.29) is 12.3 Å². The zero-order chi connectivity index (χ0) is 23.6. The van der Waals surface area contributed by atoms with Crippen molar-refractivity contribution in [2.45, 2.75) is 12.8 Å². The molecule has 1 aliphatic heterocycles. The summed E-state index contributed by atoms with van der Waals surface area (Å²) in [6.45, 7) is 2.43. The molecule has 0 aliphatic carbocycles. The molecular weight excluding hydrogens is 440 g/mol. The van der Waals surface area contributed by atoms with Crippen LogP contribution in [0.2, 0.25) is 0 Å². The van der Waals surface area contributed by atoms with Crippen LogP contribution in [0.15, 0.2) is 47.3 Å². The lowest BCUT2D eigenvalue weighted by Crippen LogP contribution is -2.50. The molecule has 1 aromatic carbocycles. The average Bonchev–Trinajstić information content (AvgIpc) is 3.19. The number of pyridine rings is 1. The van der Waals surface area contributed by atoms with Crippen molar-refractivity contribution in [3.8, 4) is 11.1 Å². The summed E-state index contributed by atoms with van der Waals surface area (Å²) in [5, 5.41) is 1.10. The highest BCUT2D eigenvalue weighted by Crippen LogP contribution is 2.28. The van der Waals surface area contributed by atoms with Crippen LogP contribution in [0.25, 0.3) is 22.1 Å². The van der Waals surface area contributed by atoms with Gasteiger partial charge < -0.3 is 14.2 Å². The van der Waals surface area contributed by atoms with Crippen molar-refractivity contribution in [2.24, 2.45) is 0 Å². The summed E-state index contributed by atoms with van der Waals surface area (Å²) in [5.41, 5.74) is 4.85. The number of aromatic nitrogens is 1. The Balaban J connectivity index is 1.47. The number of likely N-dealkylation sites (N-methyl/N-ethyl adjacent to an activating group) is 1. The monoisotopic (exact) mass is 470 g/mol. The third-order valence-electron chi connectivity index (χ3n) is 6.03. The molecule has 0 saturated carbocycles. The largest absolute Gasteiger partial charge is 0.464 e. The summed E-state index contributed by atoms with van der Waals surface area (Å²) in [5.74, 6) is -0.0154. The maximum atomic E-state index is 12.8. The van der Waals surface area contributed by atoms with Gasteiger partial charge in [0, 0.05) is 56.1 Å². The van der Waals surface area contributed by atoms with E-state index in [1.165, 1.54) is 16.1 Å². The smallest absolute Gasteiger partial charge is 0.227 e. The molecule has 4 rings (SSSR count). The molecule has 3 heterocycles. The molecule has 1 fully saturated rings. The van der Waals surface area contributed by atoms with Crippen LogP contribution in [0.3, 0.4) is 0 Å². The number of piperazine rings is 1. The fourth-order valence-electron chi connectivity index (χ4n) is 4.10. The number of rotatable bonds is 7. The third kappa shape index (κ3) is 5.61. The van der Waals surface area contributed by atoms with Crippen LogP contribution in [-0.4, -0.2) is 86.5 Å². The Kier molecular flexibility index (Phi) is 6.83. The Morgan fingerprint density at radius 3 is 2.55 bits per heavy atom. The molecule has 1 aliphatic rings. The highest BCUT2D eigenvalue weighted by molar-refractivity contribution is 7.88. The van der Waals surface area contributed by atoms with Crippen molar-refractivity contribution in [3.05, 3.63) is 54.0 Å². The molecule has 9 heteroatoms. The number of hydrogen-bond donors (Lipinski definition) is 0. The van der Waals surface area contributed by atoms with Gasteiger partial charge in [0.15, 0.2) is 0 Å². The maximum absolute atomic E-state index is 12.8. The molecular formula is C24H30N4O4S. The van der Waals surface area contributed by atoms with Crippen molar-refractivity contribution < 1.29 is 17.6 Å². The van der Waals surface area contributed by atoms with E-state index >= 15 is 0 Å². The van der Waals surface area contributed by atoms with Gasteiger partial charge in [-0.15, -0.1) is 0 Å². The molecule has 3 aromatic rings. The summed E-state index contributed by atoms with van der Waals surface area (Å²) < 4.78 is 30.5. The van der Waals surface area contributed by atoms with Gasteiger partial charge in [0.25, 0.3) is 0 Å². The van der Waals surface area contributed by atoms with Gasteiger partial charge in [-0.25, -0.2) is 8.42 Å². The predicted octanol–water partition coefficient (Wildman–Crippen LogP) is 2.25. The minimum absolute atomic E-state index is 0.0154. The number of carbonyl (C=O) groups excluding carboxylic acids is 1. The second kappa shape index (κ2) is 9.62. The molecule has 8 nitrogen and oxygen atoms in total. The second-order valence-corrected chi connectivity index (χ2v) is 10.8. The van der Waals surface area contributed by atoms with E-state index < -0.39 is 10.0 Å². The summed E-state index contributed by atoms with van der Waals surface area (Å²) in [6.07, 6.45) is 7.69. The molecule has 0 N–H and O–H groups in total. The van der Waals surface area contributed by atoms with Gasteiger partial charge in [0.1, 0.15) is 5.58 Å². The predicted molar refractivity (Wildman–Crippen MR) is 128 cm³/mol. The van der Waals surface area contributed by atoms with Gasteiger partial charge in [-0.3, -0.25) is 9.78 Å². The maximum Gasteiger partial charge on any atom is 0.227 e. The molecule has 2 aromatic heterocycles. The number of sulfonamides is 1. The van der Waals surface area contributed by atoms with Crippen LogP contribution in [0.4, 0.5) is 0 Å². The summed E-state index contributed by atoms with van der Waals surface area (Å²) in [6, 6.07) is 8.10. The standard InChI is InChI=1S/C24H30N4O4S/c1-26(2)7-6-20-17-32-23-5-4-19(14-22(20)23)21-12-18(15-25-16-21)13-24(29)27-8-10-28(11-9-27)33(3,30)31/h4-5,12,14-17H,6-11,13H2,1-3H3. The number of fused-ring (bicyclic) bond motifs is 1. The van der Waals surface area contributed by atoms with Crippen LogP contribution in [0.1, 0.15) is 11.1 Å². The summed E-state index contributed by atoms with van der Waals surface area (Å²) in [4.78, 5) is 21.0. The molecule has 0 radical (unpaired) electrons. The van der Waals surface area contributed by atoms with Gasteiger partial charge in [0.2, 0.25) is 15.9 Å². The van der Waals surface area contributed by atoms with Gasteiger partial charge >= 0.3 is 0 Å². The Morgan fingerprint density at radius 1 is 1.09 bits per heavy atom. The van der Waals surface area contributed by atoms with Crippen molar-refractivity contribution >= 4 is 26.9 Å². The van der Waals surface area contributed by atoms with E-state index in [2.05, 4.69) is 30.0 Å². The SMILES string of the molecule is CN(C)CCc1coc2ccc(-c3cncc(CC(=O)N4CCN(S(C)(=O)=O)CC4)c3)cc12. The van der Waals surface area contributed by atoms with E-state index in [0.717, 1.165) is 40.6 Å². The normalized spacial score (nSPS) is 15.5. The molecule has 0 unspecified atom stereocenters. The number of furan rings is 1. The molecule has 176 valence electrons. The Bertz CT molecular complexity index is 1240. The van der Waals surface area contributed by atoms with Crippen LogP contribution in [0.5, 0.6) is 0 Å². The molecule has 0 atom stereocenters. The Hall–Kier alpha value is -2.75. The zero-order valence-corrected chi connectivity index (χ0v) is 20.1. The van der Waals surface area contributed by atoms with Crippen LogP contribution >= 0.6 is 0 Å². The number of nitrogens with zero attached hydrogens (tertiary/aromatic N) is 4. The van der Waals surface area contributed by atoms with Crippen LogP contribution in [-0.2, 0) is 27.7 Å². The van der Waals surface area contributed by atoms with E-state index in [9.17, 15) is 13.2 Å². The fourth-order valence-corrected chi connectivity index (χ4v) is 4.92. The Morgan fingerprint density at radius 2 is 1.85 bits per heavy atom. The highest BCUT2D eigenvalue weighted by atomic mass is 32.2. The fraction of sp³-hybridized carbons (Fsp3) is 0.417. The van der Waals surface area contributed by atoms with Crippen molar-refractivity contribution in [2.75, 3.05) is 53.1 Å². The molecule has 33 heavy (non-hydrogen) atoms. The van der Waals surface area contributed by atoms with E-state index in [0.29, 0.717) is 26.2 Å². The molecule has 0 spiro atoms. The first-order valence-corrected chi connectivity index (χ1v) is 12.9. The topological polar surface area (TPSA) is 87.0 Å². The number of hydrogen-bond acceptors (Lipinski definition) is 6. The average molecular weight is 471 g/mol. The lowest BCUT2D eigenvalue weighted by molar-refractivity contribution is -0.131. The first kappa shape index (κ1) is 23.4. The number of benzene rings is 1. The number of amides is 1. The summed E-state index contributed by atoms with van der Waals surface area (Å²) in [7, 11) is 0.890. The van der Waals surface area contributed by atoms with Crippen molar-refractivity contribution in [1.82, 2.24) is 19.1 Å². The molecule has 1 amide bonds. The molecule has 1 saturated heterocycles. The van der Waals surface area contributed by atoms with E-state index in [4.69, 9.17) is 4.42 Å². The van der Waals surface area contributed by atoms with Crippen molar-refractivity contribution in [1.29, 1.82) is 0 Å². The van der Waals surface area contributed by atoms with Gasteiger partial charge in [-0.1, -0.05) is 6.07 Å². The van der Waals surface area contributed by atoms with Gasteiger partial charge in [-0.05, 0) is 55.4 Å². The second-order valence-electron chi connectivity index (χ2n) is 8.83. The highest BCUT2D eigenvalue weighted by Gasteiger charge is 2.26. The lowest BCUT2D eigenvalue weighted by atomic mass is 10.0. The zero-order valence-electron chi connectivity index (χ0n) is 19.3. The number of carbonyl (C=O) groups is 1. The van der Waals surface area contributed by atoms with Gasteiger partial charge in [-0.2, -0.15) is 4.31 Å². The minimum Gasteiger partial charge on any atom is -0.464 e. The third-order valence-corrected chi connectivity index (χ3v) is 7.33. The van der Waals surface area contributed by atoms with E-state index in [1.807, 2.05) is 24.5 Å². The van der Waals surface area contributed by atoms with Crippen LogP contribution in [0, 0.1) is 0 Å². The lowest BCUT2D eigenvalue weighted by Gasteiger charge is -2.33. The summed E-state index contributed by atoms with van der Waals surface area (Å²) >= 11 is 0. The first-order valence-electron chi connectivity index (χ1n) is 11.0. The van der Waals surface area contributed by atoms with Gasteiger partial charge in [0.05, 0.1) is 18.9 Å². The molecule has 0 bridgehead atoms. The minimum atomic E-state index is -3.22. The quantitative estimate of drug-likeness (QED) is 0.526. The Labute approximate surface area is 194 Å². The first-order chi connectivity index (χ1) is 15.7.